The summed E-state index contributed by atoms with van der Waals surface area (Å²) in [5.41, 5.74) is 0. The standard InChI is InChI=1S/C10H14N4O3/c1-6-11-8(13-12-6)9(15)14-5-3-2-4-7(14)10(16)17/h7H,2-5H2,1H3,(H,16,17)(H,11,12,13)/t7-/m1/s1. The fourth-order valence-corrected chi connectivity index (χ4v) is 2.00. The molecule has 1 amide bonds. The Morgan fingerprint density at radius 1 is 1.47 bits per heavy atom. The lowest BCUT2D eigenvalue weighted by molar-refractivity contribution is -0.143. The van der Waals surface area contributed by atoms with Gasteiger partial charge in [0.15, 0.2) is 0 Å². The molecule has 2 heterocycles. The average Bonchev–Trinajstić information content (AvgIpc) is 2.75. The number of carboxylic acids is 1. The van der Waals surface area contributed by atoms with Gasteiger partial charge < -0.3 is 10.0 Å². The Bertz CT molecular complexity index is 443. The molecule has 0 spiro atoms. The number of H-pyrrole nitrogens is 1. The number of aliphatic carboxylic acids is 1. The third-order valence-corrected chi connectivity index (χ3v) is 2.84. The smallest absolute Gasteiger partial charge is 0.326 e. The molecule has 92 valence electrons. The van der Waals surface area contributed by atoms with Crippen LogP contribution in [0.5, 0.6) is 0 Å². The van der Waals surface area contributed by atoms with Crippen LogP contribution in [0.1, 0.15) is 35.7 Å². The normalized spacial score (nSPS) is 20.3. The molecule has 0 unspecified atom stereocenters. The average molecular weight is 238 g/mol. The molecule has 1 atom stereocenters. The summed E-state index contributed by atoms with van der Waals surface area (Å²) in [6.07, 6.45) is 2.14. The number of carbonyl (C=O) groups is 2. The van der Waals surface area contributed by atoms with Crippen molar-refractivity contribution in [3.63, 3.8) is 0 Å². The predicted molar refractivity (Wildman–Crippen MR) is 57.4 cm³/mol. The van der Waals surface area contributed by atoms with E-state index < -0.39 is 17.9 Å². The van der Waals surface area contributed by atoms with Crippen LogP contribution in [0.2, 0.25) is 0 Å². The molecule has 0 bridgehead atoms. The van der Waals surface area contributed by atoms with Gasteiger partial charge in [-0.2, -0.15) is 0 Å². The molecule has 1 aromatic rings. The number of aryl methyl sites for hydroxylation is 1. The van der Waals surface area contributed by atoms with Crippen molar-refractivity contribution in [2.24, 2.45) is 0 Å². The predicted octanol–water partition coefficient (Wildman–Crippen LogP) is 0.192. The van der Waals surface area contributed by atoms with Crippen molar-refractivity contribution >= 4 is 11.9 Å². The second kappa shape index (κ2) is 4.52. The SMILES string of the molecule is Cc1nc(C(=O)N2CCCC[C@@H]2C(=O)O)n[nH]1. The van der Waals surface area contributed by atoms with E-state index >= 15 is 0 Å². The Labute approximate surface area is 97.8 Å². The van der Waals surface area contributed by atoms with Crippen molar-refractivity contribution < 1.29 is 14.7 Å². The topological polar surface area (TPSA) is 99.2 Å². The molecule has 7 nitrogen and oxygen atoms in total. The van der Waals surface area contributed by atoms with Gasteiger partial charge >= 0.3 is 5.97 Å². The van der Waals surface area contributed by atoms with Gasteiger partial charge in [-0.25, -0.2) is 9.78 Å². The number of carbonyl (C=O) groups excluding carboxylic acids is 1. The molecule has 1 aliphatic rings. The Hall–Kier alpha value is -1.92. The van der Waals surface area contributed by atoms with Crippen molar-refractivity contribution in [3.8, 4) is 0 Å². The summed E-state index contributed by atoms with van der Waals surface area (Å²) in [6.45, 7) is 2.14. The van der Waals surface area contributed by atoms with Crippen molar-refractivity contribution in [2.75, 3.05) is 6.54 Å². The number of aromatic amines is 1. The molecule has 0 radical (unpaired) electrons. The van der Waals surface area contributed by atoms with Gasteiger partial charge in [0.05, 0.1) is 0 Å². The fraction of sp³-hybridized carbons (Fsp3) is 0.600. The lowest BCUT2D eigenvalue weighted by atomic mass is 10.0. The first-order valence-electron chi connectivity index (χ1n) is 5.52. The zero-order valence-corrected chi connectivity index (χ0v) is 9.51. The fourth-order valence-electron chi connectivity index (χ4n) is 2.00. The van der Waals surface area contributed by atoms with Crippen LogP contribution in [0.15, 0.2) is 0 Å². The van der Waals surface area contributed by atoms with Gasteiger partial charge in [-0.15, -0.1) is 5.10 Å². The number of carboxylic acid groups (broad SMARTS) is 1. The number of hydrogen-bond acceptors (Lipinski definition) is 4. The molecule has 0 aromatic carbocycles. The van der Waals surface area contributed by atoms with Crippen molar-refractivity contribution in [1.29, 1.82) is 0 Å². The number of nitrogens with one attached hydrogen (secondary N) is 1. The number of rotatable bonds is 2. The highest BCUT2D eigenvalue weighted by molar-refractivity contribution is 5.93. The van der Waals surface area contributed by atoms with E-state index in [4.69, 9.17) is 5.11 Å². The zero-order chi connectivity index (χ0) is 12.4. The van der Waals surface area contributed by atoms with Gasteiger partial charge in [-0.05, 0) is 26.2 Å². The molecule has 0 aliphatic carbocycles. The maximum atomic E-state index is 12.0. The monoisotopic (exact) mass is 238 g/mol. The van der Waals surface area contributed by atoms with Gasteiger partial charge in [0.2, 0.25) is 5.82 Å². The highest BCUT2D eigenvalue weighted by Gasteiger charge is 2.33. The molecule has 1 aliphatic heterocycles. The first-order valence-corrected chi connectivity index (χ1v) is 5.52. The third-order valence-electron chi connectivity index (χ3n) is 2.84. The largest absolute Gasteiger partial charge is 0.480 e. The molecule has 2 rings (SSSR count). The highest BCUT2D eigenvalue weighted by atomic mass is 16.4. The van der Waals surface area contributed by atoms with Crippen LogP contribution in [-0.2, 0) is 4.79 Å². The van der Waals surface area contributed by atoms with Crippen LogP contribution in [0.3, 0.4) is 0 Å². The quantitative estimate of drug-likeness (QED) is 0.766. The summed E-state index contributed by atoms with van der Waals surface area (Å²) in [7, 11) is 0. The van der Waals surface area contributed by atoms with E-state index in [1.165, 1.54) is 4.90 Å². The molecule has 7 heteroatoms. The molecule has 0 saturated carbocycles. The lowest BCUT2D eigenvalue weighted by Gasteiger charge is -2.31. The van der Waals surface area contributed by atoms with Crippen LogP contribution in [0.25, 0.3) is 0 Å². The van der Waals surface area contributed by atoms with Crippen LogP contribution < -0.4 is 0 Å². The van der Waals surface area contributed by atoms with E-state index in [9.17, 15) is 9.59 Å². The van der Waals surface area contributed by atoms with E-state index in [1.807, 2.05) is 0 Å². The molecule has 1 fully saturated rings. The first kappa shape index (κ1) is 11.6. The Kier molecular flexibility index (Phi) is 3.08. The van der Waals surface area contributed by atoms with E-state index in [1.54, 1.807) is 6.92 Å². The number of likely N-dealkylation sites (tertiary alicyclic amines) is 1. The van der Waals surface area contributed by atoms with Gasteiger partial charge in [0, 0.05) is 6.54 Å². The molecule has 1 saturated heterocycles. The van der Waals surface area contributed by atoms with Gasteiger partial charge in [0.1, 0.15) is 11.9 Å². The van der Waals surface area contributed by atoms with Crippen molar-refractivity contribution in [2.45, 2.75) is 32.2 Å². The number of nitrogens with zero attached hydrogens (tertiary/aromatic N) is 3. The van der Waals surface area contributed by atoms with E-state index in [0.29, 0.717) is 18.8 Å². The lowest BCUT2D eigenvalue weighted by Crippen LogP contribution is -2.48. The number of amides is 1. The maximum Gasteiger partial charge on any atom is 0.326 e. The summed E-state index contributed by atoms with van der Waals surface area (Å²) < 4.78 is 0. The second-order valence-electron chi connectivity index (χ2n) is 4.09. The van der Waals surface area contributed by atoms with Crippen LogP contribution in [-0.4, -0.2) is 49.7 Å². The van der Waals surface area contributed by atoms with Crippen LogP contribution in [0.4, 0.5) is 0 Å². The van der Waals surface area contributed by atoms with Gasteiger partial charge in [-0.1, -0.05) is 0 Å². The summed E-state index contributed by atoms with van der Waals surface area (Å²) in [5.74, 6) is -0.806. The zero-order valence-electron chi connectivity index (χ0n) is 9.51. The summed E-state index contributed by atoms with van der Waals surface area (Å²) in [6, 6.07) is -0.755. The maximum absolute atomic E-state index is 12.0. The van der Waals surface area contributed by atoms with Crippen LogP contribution >= 0.6 is 0 Å². The highest BCUT2D eigenvalue weighted by Crippen LogP contribution is 2.18. The van der Waals surface area contributed by atoms with Crippen LogP contribution in [0, 0.1) is 6.92 Å². The summed E-state index contributed by atoms with van der Waals surface area (Å²) >= 11 is 0. The Balaban J connectivity index is 2.19. The molecule has 2 N–H and O–H groups in total. The van der Waals surface area contributed by atoms with Gasteiger partial charge in [0.25, 0.3) is 5.91 Å². The Morgan fingerprint density at radius 3 is 2.82 bits per heavy atom. The van der Waals surface area contributed by atoms with Crippen molar-refractivity contribution in [1.82, 2.24) is 20.1 Å². The molecular formula is C10H14N4O3. The Morgan fingerprint density at radius 2 is 2.24 bits per heavy atom. The van der Waals surface area contributed by atoms with Crippen molar-refractivity contribution in [3.05, 3.63) is 11.6 Å². The van der Waals surface area contributed by atoms with E-state index in [2.05, 4.69) is 15.2 Å². The number of hydrogen-bond donors (Lipinski definition) is 2. The number of piperidine rings is 1. The van der Waals surface area contributed by atoms with E-state index in [0.717, 1.165) is 12.8 Å². The minimum Gasteiger partial charge on any atom is -0.480 e. The third kappa shape index (κ3) is 2.27. The van der Waals surface area contributed by atoms with E-state index in [-0.39, 0.29) is 5.82 Å². The molecule has 17 heavy (non-hydrogen) atoms. The molecule has 1 aromatic heterocycles. The van der Waals surface area contributed by atoms with Gasteiger partial charge in [-0.3, -0.25) is 9.89 Å². The minimum atomic E-state index is -0.967. The second-order valence-corrected chi connectivity index (χ2v) is 4.09. The molecular weight excluding hydrogens is 224 g/mol. The number of aromatic nitrogens is 3. The summed E-state index contributed by atoms with van der Waals surface area (Å²) in [5, 5.41) is 15.4. The first-order chi connectivity index (χ1) is 8.09. The summed E-state index contributed by atoms with van der Waals surface area (Å²) in [4.78, 5) is 28.4. The minimum absolute atomic E-state index is 0.0376.